The van der Waals surface area contributed by atoms with Crippen LogP contribution in [-0.2, 0) is 17.8 Å². The van der Waals surface area contributed by atoms with E-state index in [1.807, 2.05) is 24.3 Å². The van der Waals surface area contributed by atoms with Crippen molar-refractivity contribution in [2.45, 2.75) is 32.4 Å². The van der Waals surface area contributed by atoms with Crippen LogP contribution < -0.4 is 15.0 Å². The highest BCUT2D eigenvalue weighted by atomic mass is 79.9. The molecular formula is C26H22BrF3N4O2. The van der Waals surface area contributed by atoms with Gasteiger partial charge in [-0.1, -0.05) is 24.3 Å². The number of imidazole rings is 1. The van der Waals surface area contributed by atoms with Gasteiger partial charge in [0, 0.05) is 48.6 Å². The first-order valence-corrected chi connectivity index (χ1v) is 12.2. The Balaban J connectivity index is 1.47. The molecule has 0 atom stereocenters. The molecule has 1 saturated heterocycles. The summed E-state index contributed by atoms with van der Waals surface area (Å²) in [7, 11) is 0. The number of amides is 1. The summed E-state index contributed by atoms with van der Waals surface area (Å²) in [5.74, 6) is -0.277. The van der Waals surface area contributed by atoms with Crippen molar-refractivity contribution in [3.8, 4) is 5.75 Å². The fraction of sp³-hybridized carbons (Fsp3) is 0.231. The lowest BCUT2D eigenvalue weighted by Crippen LogP contribution is -2.23. The van der Waals surface area contributed by atoms with E-state index in [1.54, 1.807) is 33.7 Å². The van der Waals surface area contributed by atoms with E-state index in [4.69, 9.17) is 4.74 Å². The summed E-state index contributed by atoms with van der Waals surface area (Å²) in [4.78, 5) is 18.5. The molecule has 5 rings (SSSR count). The van der Waals surface area contributed by atoms with E-state index in [0.29, 0.717) is 42.1 Å². The SMILES string of the molecule is O=C1CCCN1c1cccc(NCc2nc3cc(F)c(Br)cn3c2Cc2ccccc2OC(F)F)c1. The number of alkyl halides is 2. The van der Waals surface area contributed by atoms with Gasteiger partial charge in [0.05, 0.1) is 22.4 Å². The molecule has 0 unspecified atom stereocenters. The van der Waals surface area contributed by atoms with Crippen molar-refractivity contribution in [1.82, 2.24) is 9.38 Å². The van der Waals surface area contributed by atoms with E-state index in [-0.39, 0.29) is 22.6 Å². The van der Waals surface area contributed by atoms with Gasteiger partial charge in [-0.05, 0) is 46.6 Å². The zero-order valence-corrected chi connectivity index (χ0v) is 20.6. The number of rotatable bonds is 8. The van der Waals surface area contributed by atoms with Gasteiger partial charge in [0.15, 0.2) is 0 Å². The van der Waals surface area contributed by atoms with Gasteiger partial charge in [-0.15, -0.1) is 0 Å². The van der Waals surface area contributed by atoms with Gasteiger partial charge in [-0.3, -0.25) is 4.79 Å². The predicted octanol–water partition coefficient (Wildman–Crippen LogP) is 6.17. The third-order valence-electron chi connectivity index (χ3n) is 6.08. The molecule has 1 amide bonds. The molecule has 1 aliphatic heterocycles. The van der Waals surface area contributed by atoms with Crippen molar-refractivity contribution in [2.75, 3.05) is 16.8 Å². The predicted molar refractivity (Wildman–Crippen MR) is 134 cm³/mol. The number of aromatic nitrogens is 2. The second-order valence-electron chi connectivity index (χ2n) is 8.42. The zero-order valence-electron chi connectivity index (χ0n) is 19.1. The lowest BCUT2D eigenvalue weighted by Gasteiger charge is -2.17. The molecule has 0 aliphatic carbocycles. The molecule has 36 heavy (non-hydrogen) atoms. The number of nitrogens with one attached hydrogen (secondary N) is 1. The molecule has 0 saturated carbocycles. The molecule has 2 aromatic heterocycles. The quantitative estimate of drug-likeness (QED) is 0.281. The largest absolute Gasteiger partial charge is 0.435 e. The normalized spacial score (nSPS) is 13.7. The van der Waals surface area contributed by atoms with E-state index in [0.717, 1.165) is 17.8 Å². The lowest BCUT2D eigenvalue weighted by atomic mass is 10.1. The maximum Gasteiger partial charge on any atom is 0.387 e. The van der Waals surface area contributed by atoms with Crippen LogP contribution in [0, 0.1) is 5.82 Å². The smallest absolute Gasteiger partial charge is 0.387 e. The molecule has 1 aliphatic rings. The van der Waals surface area contributed by atoms with Gasteiger partial charge in [0.1, 0.15) is 17.2 Å². The fourth-order valence-corrected chi connectivity index (χ4v) is 4.72. The van der Waals surface area contributed by atoms with Gasteiger partial charge in [-0.25, -0.2) is 9.37 Å². The Bertz CT molecular complexity index is 1430. The Morgan fingerprint density at radius 3 is 2.75 bits per heavy atom. The monoisotopic (exact) mass is 558 g/mol. The van der Waals surface area contributed by atoms with Crippen LogP contribution in [0.3, 0.4) is 0 Å². The summed E-state index contributed by atoms with van der Waals surface area (Å²) in [6, 6.07) is 15.5. The minimum atomic E-state index is -2.95. The molecule has 0 bridgehead atoms. The average molecular weight is 559 g/mol. The molecule has 4 aromatic rings. The number of carbonyl (C=O) groups is 1. The van der Waals surface area contributed by atoms with Gasteiger partial charge in [-0.2, -0.15) is 8.78 Å². The highest BCUT2D eigenvalue weighted by molar-refractivity contribution is 9.10. The van der Waals surface area contributed by atoms with Crippen LogP contribution in [0.5, 0.6) is 5.75 Å². The third-order valence-corrected chi connectivity index (χ3v) is 6.67. The number of hydrogen-bond acceptors (Lipinski definition) is 4. The van der Waals surface area contributed by atoms with Crippen LogP contribution in [0.4, 0.5) is 24.5 Å². The molecule has 2 aromatic carbocycles. The van der Waals surface area contributed by atoms with Crippen LogP contribution in [0.25, 0.3) is 5.65 Å². The van der Waals surface area contributed by atoms with Crippen LogP contribution >= 0.6 is 15.9 Å². The topological polar surface area (TPSA) is 58.9 Å². The van der Waals surface area contributed by atoms with E-state index in [9.17, 15) is 18.0 Å². The number of halogens is 4. The van der Waals surface area contributed by atoms with Crippen molar-refractivity contribution in [3.63, 3.8) is 0 Å². The Hall–Kier alpha value is -3.53. The molecule has 0 radical (unpaired) electrons. The van der Waals surface area contributed by atoms with Crippen molar-refractivity contribution < 1.29 is 22.7 Å². The summed E-state index contributed by atoms with van der Waals surface area (Å²) >= 11 is 3.22. The number of pyridine rings is 1. The number of nitrogens with zero attached hydrogens (tertiary/aromatic N) is 3. The standard InChI is InChI=1S/C26H22BrF3N4O2/c27-19-15-34-22(11-16-5-1-2-8-23(16)36-26(29)30)21(32-24(34)13-20(19)28)14-31-17-6-3-7-18(12-17)33-10-4-9-25(33)35/h1-3,5-8,12-13,15,26,31H,4,9-11,14H2. The van der Waals surface area contributed by atoms with Crippen molar-refractivity contribution in [3.05, 3.63) is 88.0 Å². The third kappa shape index (κ3) is 5.04. The Labute approximate surface area is 213 Å². The molecule has 3 heterocycles. The van der Waals surface area contributed by atoms with E-state index in [1.165, 1.54) is 12.1 Å². The highest BCUT2D eigenvalue weighted by Crippen LogP contribution is 2.28. The van der Waals surface area contributed by atoms with Gasteiger partial charge < -0.3 is 19.4 Å². The number of anilines is 2. The number of benzene rings is 2. The summed E-state index contributed by atoms with van der Waals surface area (Å²) < 4.78 is 46.9. The highest BCUT2D eigenvalue weighted by Gasteiger charge is 2.22. The Kier molecular flexibility index (Phi) is 6.86. The number of ether oxygens (including phenoxy) is 1. The Morgan fingerprint density at radius 2 is 1.97 bits per heavy atom. The first-order valence-electron chi connectivity index (χ1n) is 11.4. The van der Waals surface area contributed by atoms with Gasteiger partial charge >= 0.3 is 6.61 Å². The minimum absolute atomic E-state index is 0.0746. The first-order chi connectivity index (χ1) is 17.4. The molecule has 6 nitrogen and oxygen atoms in total. The maximum atomic E-state index is 14.2. The van der Waals surface area contributed by atoms with Crippen LogP contribution in [-0.4, -0.2) is 28.4 Å². The first kappa shape index (κ1) is 24.2. The van der Waals surface area contributed by atoms with Crippen molar-refractivity contribution in [2.24, 2.45) is 0 Å². The molecule has 10 heteroatoms. The molecule has 186 valence electrons. The molecular weight excluding hydrogens is 537 g/mol. The van der Waals surface area contributed by atoms with Crippen LogP contribution in [0.15, 0.2) is 65.3 Å². The lowest BCUT2D eigenvalue weighted by molar-refractivity contribution is -0.117. The number of carbonyl (C=O) groups excluding carboxylic acids is 1. The summed E-state index contributed by atoms with van der Waals surface area (Å²) in [6.45, 7) is -1.96. The van der Waals surface area contributed by atoms with Gasteiger partial charge in [0.2, 0.25) is 5.91 Å². The number of hydrogen-bond donors (Lipinski definition) is 1. The van der Waals surface area contributed by atoms with E-state index >= 15 is 0 Å². The molecule has 1 fully saturated rings. The fourth-order valence-electron chi connectivity index (χ4n) is 4.40. The van der Waals surface area contributed by atoms with Gasteiger partial charge in [0.25, 0.3) is 0 Å². The van der Waals surface area contributed by atoms with Crippen LogP contribution in [0.1, 0.15) is 29.8 Å². The van der Waals surface area contributed by atoms with Crippen molar-refractivity contribution >= 4 is 38.9 Å². The zero-order chi connectivity index (χ0) is 25.2. The minimum Gasteiger partial charge on any atom is -0.435 e. The molecule has 1 N–H and O–H groups in total. The second kappa shape index (κ2) is 10.2. The Morgan fingerprint density at radius 1 is 1.14 bits per heavy atom. The number of para-hydroxylation sites is 1. The summed E-state index contributed by atoms with van der Waals surface area (Å²) in [5.41, 5.74) is 3.89. The van der Waals surface area contributed by atoms with Crippen molar-refractivity contribution in [1.29, 1.82) is 0 Å². The maximum absolute atomic E-state index is 14.2. The molecule has 0 spiro atoms. The summed E-state index contributed by atoms with van der Waals surface area (Å²) in [6.07, 6.45) is 3.20. The number of fused-ring (bicyclic) bond motifs is 1. The van der Waals surface area contributed by atoms with E-state index < -0.39 is 12.4 Å². The van der Waals surface area contributed by atoms with Crippen LogP contribution in [0.2, 0.25) is 0 Å². The summed E-state index contributed by atoms with van der Waals surface area (Å²) in [5, 5.41) is 3.33. The average Bonchev–Trinajstić information content (AvgIpc) is 3.42. The van der Waals surface area contributed by atoms with E-state index in [2.05, 4.69) is 26.2 Å². The second-order valence-corrected chi connectivity index (χ2v) is 9.27.